The molecule has 3 rings (SSSR count). The first-order chi connectivity index (χ1) is 10.3. The van der Waals surface area contributed by atoms with E-state index < -0.39 is 11.4 Å². The molecule has 0 aliphatic heterocycles. The Labute approximate surface area is 134 Å². The standard InChI is InChI=1S/C20H30O2/c1-5-18(2)11-6-8-15-14(18)9-10-16-19(15,3)12-7-13-20(16,4)17(21)22/h5,8,14,16H,1,6-7,9-13H2,2-4H3,(H,21,22)/t14-,16-,18+,19-,20+/m0/s1. The van der Waals surface area contributed by atoms with Gasteiger partial charge in [-0.1, -0.05) is 38.0 Å². The van der Waals surface area contributed by atoms with E-state index in [0.29, 0.717) is 5.92 Å². The second kappa shape index (κ2) is 4.97. The number of aliphatic carboxylic acids is 1. The zero-order valence-corrected chi connectivity index (χ0v) is 14.3. The second-order valence-corrected chi connectivity index (χ2v) is 8.58. The van der Waals surface area contributed by atoms with Crippen molar-refractivity contribution in [3.63, 3.8) is 0 Å². The van der Waals surface area contributed by atoms with Crippen LogP contribution in [0.4, 0.5) is 0 Å². The van der Waals surface area contributed by atoms with Crippen molar-refractivity contribution >= 4 is 5.97 Å². The van der Waals surface area contributed by atoms with Gasteiger partial charge in [0.1, 0.15) is 0 Å². The third kappa shape index (κ3) is 1.95. The highest BCUT2D eigenvalue weighted by Crippen LogP contribution is 2.65. The van der Waals surface area contributed by atoms with Gasteiger partial charge in [0.2, 0.25) is 0 Å². The number of carbonyl (C=O) groups is 1. The highest BCUT2D eigenvalue weighted by molar-refractivity contribution is 5.75. The Morgan fingerprint density at radius 1 is 1.27 bits per heavy atom. The Hall–Kier alpha value is -1.05. The Bertz CT molecular complexity index is 534. The van der Waals surface area contributed by atoms with Crippen LogP contribution in [0.15, 0.2) is 24.3 Å². The number of fused-ring (bicyclic) bond motifs is 3. The van der Waals surface area contributed by atoms with Crippen molar-refractivity contribution in [3.05, 3.63) is 24.3 Å². The average Bonchev–Trinajstić information content (AvgIpc) is 2.47. The second-order valence-electron chi connectivity index (χ2n) is 8.58. The van der Waals surface area contributed by atoms with Gasteiger partial charge in [-0.3, -0.25) is 4.79 Å². The average molecular weight is 302 g/mol. The van der Waals surface area contributed by atoms with Gasteiger partial charge >= 0.3 is 5.97 Å². The molecule has 0 saturated heterocycles. The number of hydrogen-bond donors (Lipinski definition) is 1. The highest BCUT2D eigenvalue weighted by Gasteiger charge is 2.58. The van der Waals surface area contributed by atoms with Crippen molar-refractivity contribution in [2.75, 3.05) is 0 Å². The molecule has 0 spiro atoms. The lowest BCUT2D eigenvalue weighted by molar-refractivity contribution is -0.160. The monoisotopic (exact) mass is 302 g/mol. The largest absolute Gasteiger partial charge is 0.481 e. The van der Waals surface area contributed by atoms with E-state index in [9.17, 15) is 9.90 Å². The number of carboxylic acid groups (broad SMARTS) is 1. The van der Waals surface area contributed by atoms with Gasteiger partial charge in [-0.05, 0) is 68.1 Å². The minimum absolute atomic E-state index is 0.0684. The van der Waals surface area contributed by atoms with Gasteiger partial charge in [0, 0.05) is 0 Å². The maximum absolute atomic E-state index is 12.0. The molecule has 0 radical (unpaired) electrons. The molecule has 0 aromatic rings. The molecular weight excluding hydrogens is 272 g/mol. The van der Waals surface area contributed by atoms with Crippen LogP contribution in [0.25, 0.3) is 0 Å². The molecule has 0 bridgehead atoms. The lowest BCUT2D eigenvalue weighted by atomic mass is 9.44. The number of rotatable bonds is 2. The first kappa shape index (κ1) is 15.8. The molecule has 0 amide bonds. The first-order valence-corrected chi connectivity index (χ1v) is 8.85. The van der Waals surface area contributed by atoms with E-state index >= 15 is 0 Å². The molecule has 3 aliphatic rings. The molecule has 0 aromatic heterocycles. The minimum Gasteiger partial charge on any atom is -0.481 e. The summed E-state index contributed by atoms with van der Waals surface area (Å²) in [4.78, 5) is 12.0. The van der Waals surface area contributed by atoms with Crippen LogP contribution in [0.2, 0.25) is 0 Å². The molecule has 0 aromatic carbocycles. The molecule has 5 atom stereocenters. The fourth-order valence-electron chi connectivity index (χ4n) is 6.02. The van der Waals surface area contributed by atoms with Crippen molar-refractivity contribution < 1.29 is 9.90 Å². The fourth-order valence-corrected chi connectivity index (χ4v) is 6.02. The Balaban J connectivity index is 2.04. The van der Waals surface area contributed by atoms with Gasteiger partial charge in [0.25, 0.3) is 0 Å². The van der Waals surface area contributed by atoms with Crippen molar-refractivity contribution in [2.24, 2.45) is 28.1 Å². The lowest BCUT2D eigenvalue weighted by Crippen LogP contribution is -2.54. The predicted molar refractivity (Wildman–Crippen MR) is 89.5 cm³/mol. The smallest absolute Gasteiger partial charge is 0.309 e. The van der Waals surface area contributed by atoms with Crippen molar-refractivity contribution in [1.29, 1.82) is 0 Å². The molecule has 122 valence electrons. The summed E-state index contributed by atoms with van der Waals surface area (Å²) in [6.45, 7) is 10.8. The number of carboxylic acids is 1. The summed E-state index contributed by atoms with van der Waals surface area (Å²) in [6.07, 6.45) is 12.1. The molecule has 0 heterocycles. The minimum atomic E-state index is -0.593. The third-order valence-electron chi connectivity index (χ3n) is 7.51. The van der Waals surface area contributed by atoms with E-state index in [-0.39, 0.29) is 16.7 Å². The summed E-state index contributed by atoms with van der Waals surface area (Å²) in [5.74, 6) is 0.252. The highest BCUT2D eigenvalue weighted by atomic mass is 16.4. The van der Waals surface area contributed by atoms with Gasteiger partial charge in [-0.25, -0.2) is 0 Å². The summed E-state index contributed by atoms with van der Waals surface area (Å²) in [7, 11) is 0. The van der Waals surface area contributed by atoms with Gasteiger partial charge in [0.05, 0.1) is 5.41 Å². The molecular formula is C20H30O2. The molecule has 3 aliphatic carbocycles. The van der Waals surface area contributed by atoms with Crippen LogP contribution in [0.3, 0.4) is 0 Å². The Morgan fingerprint density at radius 3 is 2.64 bits per heavy atom. The van der Waals surface area contributed by atoms with Crippen molar-refractivity contribution in [2.45, 2.75) is 65.7 Å². The van der Waals surface area contributed by atoms with Gasteiger partial charge in [-0.2, -0.15) is 0 Å². The van der Waals surface area contributed by atoms with Crippen LogP contribution in [-0.2, 0) is 4.79 Å². The van der Waals surface area contributed by atoms with Crippen LogP contribution >= 0.6 is 0 Å². The van der Waals surface area contributed by atoms with E-state index in [1.807, 2.05) is 6.92 Å². The molecule has 2 fully saturated rings. The van der Waals surface area contributed by atoms with E-state index in [1.165, 1.54) is 6.42 Å². The van der Waals surface area contributed by atoms with Gasteiger partial charge in [-0.15, -0.1) is 6.58 Å². The summed E-state index contributed by atoms with van der Waals surface area (Å²) >= 11 is 0. The summed E-state index contributed by atoms with van der Waals surface area (Å²) < 4.78 is 0. The zero-order valence-electron chi connectivity index (χ0n) is 14.3. The fraction of sp³-hybridized carbons (Fsp3) is 0.750. The van der Waals surface area contributed by atoms with E-state index in [0.717, 1.165) is 38.5 Å². The van der Waals surface area contributed by atoms with Gasteiger partial charge < -0.3 is 5.11 Å². The maximum atomic E-state index is 12.0. The Morgan fingerprint density at radius 2 is 2.00 bits per heavy atom. The molecule has 2 nitrogen and oxygen atoms in total. The zero-order chi connectivity index (χ0) is 16.2. The topological polar surface area (TPSA) is 37.3 Å². The van der Waals surface area contributed by atoms with Crippen LogP contribution in [0.5, 0.6) is 0 Å². The quantitative estimate of drug-likeness (QED) is 0.711. The van der Waals surface area contributed by atoms with Crippen LogP contribution in [-0.4, -0.2) is 11.1 Å². The van der Waals surface area contributed by atoms with E-state index in [1.54, 1.807) is 5.57 Å². The Kier molecular flexibility index (Phi) is 3.58. The molecule has 2 saturated carbocycles. The van der Waals surface area contributed by atoms with Crippen LogP contribution < -0.4 is 0 Å². The SMILES string of the molecule is C=C[C@]1(C)CCC=C2[C@@H]1CC[C@@H]1[C@](C)(C(=O)O)CCC[C@@]21C. The third-order valence-corrected chi connectivity index (χ3v) is 7.51. The van der Waals surface area contributed by atoms with Crippen molar-refractivity contribution in [3.8, 4) is 0 Å². The lowest BCUT2D eigenvalue weighted by Gasteiger charge is -2.59. The first-order valence-electron chi connectivity index (χ1n) is 8.85. The summed E-state index contributed by atoms with van der Waals surface area (Å²) in [5.41, 5.74) is 1.26. The predicted octanol–water partition coefficient (Wildman–Crippen LogP) is 5.21. The van der Waals surface area contributed by atoms with Gasteiger partial charge in [0.15, 0.2) is 0 Å². The summed E-state index contributed by atoms with van der Waals surface area (Å²) in [6, 6.07) is 0. The molecule has 1 N–H and O–H groups in total. The molecule has 2 heteroatoms. The van der Waals surface area contributed by atoms with Crippen LogP contribution in [0.1, 0.15) is 65.7 Å². The summed E-state index contributed by atoms with van der Waals surface area (Å²) in [5, 5.41) is 9.86. The molecule has 0 unspecified atom stereocenters. The van der Waals surface area contributed by atoms with E-state index in [2.05, 4.69) is 32.6 Å². The number of hydrogen-bond acceptors (Lipinski definition) is 1. The molecule has 22 heavy (non-hydrogen) atoms. The van der Waals surface area contributed by atoms with Crippen LogP contribution in [0, 0.1) is 28.1 Å². The van der Waals surface area contributed by atoms with Crippen molar-refractivity contribution in [1.82, 2.24) is 0 Å². The maximum Gasteiger partial charge on any atom is 0.309 e. The normalized spacial score (nSPS) is 47.9. The van der Waals surface area contributed by atoms with E-state index in [4.69, 9.17) is 0 Å². The number of allylic oxidation sites excluding steroid dienone is 3.